The third-order valence-electron chi connectivity index (χ3n) is 4.27. The number of hydrogen-bond acceptors (Lipinski definition) is 5. The van der Waals surface area contributed by atoms with E-state index < -0.39 is 57.6 Å². The quantitative estimate of drug-likeness (QED) is 0.469. The number of carbonyl (C=O) groups is 2. The molecule has 0 spiro atoms. The maximum absolute atomic E-state index is 14.1. The van der Waals surface area contributed by atoms with Crippen LogP contribution in [0.3, 0.4) is 0 Å². The highest BCUT2D eigenvalue weighted by molar-refractivity contribution is 6.19. The number of carbonyl (C=O) groups excluding carboxylic acids is 1. The average molecular weight is 312 g/mol. The molecule has 2 aliphatic heterocycles. The Morgan fingerprint density at radius 3 is 2.64 bits per heavy atom. The van der Waals surface area contributed by atoms with Gasteiger partial charge in [-0.05, 0) is 18.9 Å². The van der Waals surface area contributed by atoms with Crippen LogP contribution in [0, 0.1) is 16.0 Å². The zero-order valence-electron chi connectivity index (χ0n) is 11.2. The van der Waals surface area contributed by atoms with E-state index in [9.17, 15) is 28.5 Å². The Labute approximate surface area is 122 Å². The van der Waals surface area contributed by atoms with E-state index in [0.29, 0.717) is 0 Å². The number of allylic oxidation sites excluding steroid dienone is 2. The van der Waals surface area contributed by atoms with E-state index in [-0.39, 0.29) is 12.0 Å². The standard InChI is InChI=1S/C13H10F2N2O5/c1-4-2-5-8(14)9(15)11(17(21)22)7-10(5)16(4)3-6(12(7)18)13(19)20/h3-4,7,10H,2H2,1H3,(H,19,20). The molecule has 0 aromatic rings. The molecular formula is C13H10F2N2O5. The Balaban J connectivity index is 2.28. The first kappa shape index (κ1) is 14.4. The van der Waals surface area contributed by atoms with Crippen LogP contribution in [0.25, 0.3) is 0 Å². The molecule has 0 saturated carbocycles. The molecule has 0 aromatic carbocycles. The predicted molar refractivity (Wildman–Crippen MR) is 67.2 cm³/mol. The van der Waals surface area contributed by atoms with Crippen molar-refractivity contribution in [2.75, 3.05) is 0 Å². The zero-order chi connectivity index (χ0) is 16.3. The molecule has 3 atom stereocenters. The van der Waals surface area contributed by atoms with Gasteiger partial charge in [0, 0.05) is 12.2 Å². The van der Waals surface area contributed by atoms with Gasteiger partial charge in [0.05, 0.1) is 11.0 Å². The van der Waals surface area contributed by atoms with Crippen molar-refractivity contribution in [1.29, 1.82) is 0 Å². The molecule has 1 N–H and O–H groups in total. The van der Waals surface area contributed by atoms with Gasteiger partial charge in [-0.25, -0.2) is 9.18 Å². The van der Waals surface area contributed by atoms with Gasteiger partial charge in [0.1, 0.15) is 11.5 Å². The fourth-order valence-corrected chi connectivity index (χ4v) is 3.34. The highest BCUT2D eigenvalue weighted by Crippen LogP contribution is 2.48. The van der Waals surface area contributed by atoms with Crippen molar-refractivity contribution in [2.45, 2.75) is 25.4 Å². The molecule has 0 bridgehead atoms. The molecule has 3 aliphatic rings. The van der Waals surface area contributed by atoms with E-state index in [1.54, 1.807) is 6.92 Å². The minimum atomic E-state index is -1.68. The van der Waals surface area contributed by atoms with Gasteiger partial charge >= 0.3 is 5.97 Å². The van der Waals surface area contributed by atoms with Crippen LogP contribution < -0.4 is 0 Å². The van der Waals surface area contributed by atoms with Gasteiger partial charge in [0.2, 0.25) is 5.83 Å². The maximum atomic E-state index is 14.1. The van der Waals surface area contributed by atoms with Crippen LogP contribution in [0.15, 0.2) is 34.7 Å². The molecular weight excluding hydrogens is 302 g/mol. The SMILES string of the molecule is CC1CC2=C(F)C(F)=C([N+](=O)[O-])C3C(=O)C(C(=O)O)=CN1C23. The molecule has 7 nitrogen and oxygen atoms in total. The number of aliphatic carboxylic acids is 1. The summed E-state index contributed by atoms with van der Waals surface area (Å²) in [6.07, 6.45) is 1.14. The van der Waals surface area contributed by atoms with E-state index in [2.05, 4.69) is 0 Å². The number of carboxylic acids is 1. The fourth-order valence-electron chi connectivity index (χ4n) is 3.34. The van der Waals surface area contributed by atoms with Gasteiger partial charge in [-0.2, -0.15) is 4.39 Å². The Kier molecular flexibility index (Phi) is 2.91. The second-order valence-corrected chi connectivity index (χ2v) is 5.43. The van der Waals surface area contributed by atoms with E-state index in [0.717, 1.165) is 6.20 Å². The van der Waals surface area contributed by atoms with Crippen LogP contribution in [-0.2, 0) is 9.59 Å². The van der Waals surface area contributed by atoms with Crippen molar-refractivity contribution in [3.63, 3.8) is 0 Å². The van der Waals surface area contributed by atoms with Gasteiger partial charge in [0.25, 0.3) is 5.70 Å². The van der Waals surface area contributed by atoms with Gasteiger partial charge in [0.15, 0.2) is 11.6 Å². The highest BCUT2D eigenvalue weighted by Gasteiger charge is 2.57. The zero-order valence-corrected chi connectivity index (χ0v) is 11.2. The molecule has 3 rings (SSSR count). The van der Waals surface area contributed by atoms with Crippen molar-refractivity contribution in [3.05, 3.63) is 44.8 Å². The Morgan fingerprint density at radius 2 is 2.09 bits per heavy atom. The van der Waals surface area contributed by atoms with Gasteiger partial charge in [-0.3, -0.25) is 14.9 Å². The van der Waals surface area contributed by atoms with E-state index in [4.69, 9.17) is 5.11 Å². The maximum Gasteiger partial charge on any atom is 0.340 e. The van der Waals surface area contributed by atoms with E-state index in [1.807, 2.05) is 0 Å². The lowest BCUT2D eigenvalue weighted by atomic mass is 9.78. The third-order valence-corrected chi connectivity index (χ3v) is 4.27. The van der Waals surface area contributed by atoms with Gasteiger partial charge in [-0.15, -0.1) is 0 Å². The Morgan fingerprint density at radius 1 is 1.45 bits per heavy atom. The lowest BCUT2D eigenvalue weighted by Gasteiger charge is -2.36. The topological polar surface area (TPSA) is 101 Å². The summed E-state index contributed by atoms with van der Waals surface area (Å²) >= 11 is 0. The summed E-state index contributed by atoms with van der Waals surface area (Å²) in [5.41, 5.74) is -1.90. The Hall–Kier alpha value is -2.58. The predicted octanol–water partition coefficient (Wildman–Crippen LogP) is 1.31. The van der Waals surface area contributed by atoms with Crippen molar-refractivity contribution >= 4 is 11.8 Å². The molecule has 22 heavy (non-hydrogen) atoms. The number of nitro groups is 1. The first-order valence-electron chi connectivity index (χ1n) is 6.45. The summed E-state index contributed by atoms with van der Waals surface area (Å²) in [7, 11) is 0. The number of Topliss-reactive ketones (excluding diaryl/α,β-unsaturated/α-hetero) is 1. The molecule has 0 radical (unpaired) electrons. The van der Waals surface area contributed by atoms with E-state index >= 15 is 0 Å². The summed E-state index contributed by atoms with van der Waals surface area (Å²) in [6.45, 7) is 1.64. The summed E-state index contributed by atoms with van der Waals surface area (Å²) in [4.78, 5) is 34.7. The Bertz CT molecular complexity index is 724. The number of halogens is 2. The molecule has 1 saturated heterocycles. The molecule has 0 aromatic heterocycles. The van der Waals surface area contributed by atoms with Crippen LogP contribution in [0.5, 0.6) is 0 Å². The smallest absolute Gasteiger partial charge is 0.340 e. The lowest BCUT2D eigenvalue weighted by molar-refractivity contribution is -0.435. The van der Waals surface area contributed by atoms with Crippen LogP contribution in [-0.4, -0.2) is 38.8 Å². The summed E-state index contributed by atoms with van der Waals surface area (Å²) in [5.74, 6) is -7.28. The van der Waals surface area contributed by atoms with Gasteiger partial charge < -0.3 is 10.0 Å². The monoisotopic (exact) mass is 312 g/mol. The number of nitrogens with zero attached hydrogens (tertiary/aromatic N) is 2. The first-order chi connectivity index (χ1) is 10.3. The van der Waals surface area contributed by atoms with Crippen LogP contribution >= 0.6 is 0 Å². The largest absolute Gasteiger partial charge is 0.478 e. The molecule has 3 unspecified atom stereocenters. The number of ketones is 1. The second kappa shape index (κ2) is 4.46. The molecule has 1 aliphatic carbocycles. The van der Waals surface area contributed by atoms with Crippen LogP contribution in [0.1, 0.15) is 13.3 Å². The van der Waals surface area contributed by atoms with Crippen LogP contribution in [0.4, 0.5) is 8.78 Å². The normalized spacial score (nSPS) is 30.5. The fraction of sp³-hybridized carbons (Fsp3) is 0.385. The molecule has 116 valence electrons. The minimum absolute atomic E-state index is 0.0327. The van der Waals surface area contributed by atoms with Crippen molar-refractivity contribution < 1.29 is 28.4 Å². The second-order valence-electron chi connectivity index (χ2n) is 5.43. The number of hydrogen-bond donors (Lipinski definition) is 1. The van der Waals surface area contributed by atoms with Crippen molar-refractivity contribution in [1.82, 2.24) is 4.90 Å². The highest BCUT2D eigenvalue weighted by atomic mass is 19.2. The molecule has 1 fully saturated rings. The van der Waals surface area contributed by atoms with Crippen LogP contribution in [0.2, 0.25) is 0 Å². The number of rotatable bonds is 2. The molecule has 0 amide bonds. The summed E-state index contributed by atoms with van der Waals surface area (Å²) in [6, 6.07) is -1.43. The van der Waals surface area contributed by atoms with Crippen molar-refractivity contribution in [2.24, 2.45) is 5.92 Å². The molecule has 2 heterocycles. The van der Waals surface area contributed by atoms with Gasteiger partial charge in [-0.1, -0.05) is 0 Å². The average Bonchev–Trinajstić information content (AvgIpc) is 2.75. The first-order valence-corrected chi connectivity index (χ1v) is 6.45. The summed E-state index contributed by atoms with van der Waals surface area (Å²) < 4.78 is 28.1. The summed E-state index contributed by atoms with van der Waals surface area (Å²) in [5, 5.41) is 20.2. The van der Waals surface area contributed by atoms with Crippen molar-refractivity contribution in [3.8, 4) is 0 Å². The lowest BCUT2D eigenvalue weighted by Crippen LogP contribution is -2.49. The minimum Gasteiger partial charge on any atom is -0.478 e. The third kappa shape index (κ3) is 1.65. The molecule has 9 heteroatoms. The van der Waals surface area contributed by atoms with E-state index in [1.165, 1.54) is 4.90 Å². The number of carboxylic acid groups (broad SMARTS) is 1.